The van der Waals surface area contributed by atoms with E-state index in [1.165, 1.54) is 33.4 Å². The quantitative estimate of drug-likeness (QED) is 0.540. The summed E-state index contributed by atoms with van der Waals surface area (Å²) in [6.07, 6.45) is 11.6. The number of hydrogen-bond acceptors (Lipinski definition) is 0. The van der Waals surface area contributed by atoms with Crippen molar-refractivity contribution in [2.45, 2.75) is 39.0 Å². The molecule has 0 heterocycles. The summed E-state index contributed by atoms with van der Waals surface area (Å²) in [6, 6.07) is 18.1. The minimum absolute atomic E-state index is 0.108. The minimum atomic E-state index is -0.108. The number of rotatable bonds is 2. The molecule has 0 saturated carbocycles. The lowest BCUT2D eigenvalue weighted by Crippen LogP contribution is -2.28. The Morgan fingerprint density at radius 1 is 1.00 bits per heavy atom. The van der Waals surface area contributed by atoms with Gasteiger partial charge in [-0.3, -0.25) is 0 Å². The highest BCUT2D eigenvalue weighted by Crippen LogP contribution is 2.63. The molecule has 3 aliphatic rings. The summed E-state index contributed by atoms with van der Waals surface area (Å²) >= 11 is 0. The van der Waals surface area contributed by atoms with E-state index in [1.54, 1.807) is 11.1 Å². The smallest absolute Gasteiger partial charge is 0.0685 e. The molecule has 0 aromatic heterocycles. The Hall–Kier alpha value is -2.60. The van der Waals surface area contributed by atoms with E-state index in [9.17, 15) is 0 Å². The zero-order valence-corrected chi connectivity index (χ0v) is 16.4. The average molecular weight is 351 g/mol. The van der Waals surface area contributed by atoms with E-state index in [-0.39, 0.29) is 5.41 Å². The third-order valence-corrected chi connectivity index (χ3v) is 6.59. The molecule has 0 saturated heterocycles. The Morgan fingerprint density at radius 3 is 2.22 bits per heavy atom. The van der Waals surface area contributed by atoms with Gasteiger partial charge in [-0.05, 0) is 70.2 Å². The van der Waals surface area contributed by atoms with E-state index in [0.29, 0.717) is 5.92 Å². The number of benzene rings is 2. The van der Waals surface area contributed by atoms with Crippen LogP contribution < -0.4 is 0 Å². The topological polar surface area (TPSA) is 0 Å². The molecule has 2 aromatic carbocycles. The van der Waals surface area contributed by atoms with Crippen molar-refractivity contribution < 1.29 is 0 Å². The van der Waals surface area contributed by atoms with E-state index in [4.69, 9.17) is 0 Å². The second kappa shape index (κ2) is 5.96. The molecule has 0 heteroatoms. The first-order chi connectivity index (χ1) is 13.2. The third kappa shape index (κ3) is 1.99. The summed E-state index contributed by atoms with van der Waals surface area (Å²) in [5.74, 6) is 0.601. The maximum atomic E-state index is 2.44. The van der Waals surface area contributed by atoms with Gasteiger partial charge in [0.2, 0.25) is 0 Å². The lowest BCUT2D eigenvalue weighted by molar-refractivity contribution is 0.680. The van der Waals surface area contributed by atoms with Crippen LogP contribution in [0.15, 0.2) is 95.1 Å². The molecule has 134 valence electrons. The van der Waals surface area contributed by atoms with Gasteiger partial charge in [0.1, 0.15) is 0 Å². The van der Waals surface area contributed by atoms with Crippen LogP contribution in [0.5, 0.6) is 0 Å². The van der Waals surface area contributed by atoms with Crippen LogP contribution >= 0.6 is 0 Å². The second-order valence-corrected chi connectivity index (χ2v) is 8.02. The van der Waals surface area contributed by atoms with Crippen LogP contribution in [0.4, 0.5) is 0 Å². The molecule has 0 nitrogen and oxygen atoms in total. The van der Waals surface area contributed by atoms with Gasteiger partial charge in [0.05, 0.1) is 5.41 Å². The summed E-state index contributed by atoms with van der Waals surface area (Å²) < 4.78 is 0. The second-order valence-electron chi connectivity index (χ2n) is 8.02. The van der Waals surface area contributed by atoms with Gasteiger partial charge in [-0.15, -0.1) is 0 Å². The molecular weight excluding hydrogens is 324 g/mol. The summed E-state index contributed by atoms with van der Waals surface area (Å²) in [4.78, 5) is 0. The van der Waals surface area contributed by atoms with Crippen molar-refractivity contribution in [3.63, 3.8) is 0 Å². The number of fused-ring (bicyclic) bond motifs is 6. The van der Waals surface area contributed by atoms with Gasteiger partial charge in [0.15, 0.2) is 0 Å². The minimum Gasteiger partial charge on any atom is -0.0871 e. The molecule has 0 N–H and O–H groups in total. The Balaban J connectivity index is 1.95. The average Bonchev–Trinajstić information content (AvgIpc) is 3.14. The molecule has 0 aliphatic heterocycles. The van der Waals surface area contributed by atoms with Crippen molar-refractivity contribution >= 4 is 0 Å². The van der Waals surface area contributed by atoms with Crippen LogP contribution in [0, 0.1) is 5.92 Å². The zero-order chi connectivity index (χ0) is 18.6. The lowest BCUT2D eigenvalue weighted by atomic mass is 9.67. The molecule has 0 radical (unpaired) electrons. The van der Waals surface area contributed by atoms with Gasteiger partial charge in [-0.1, -0.05) is 86.7 Å². The molecule has 0 fully saturated rings. The third-order valence-electron chi connectivity index (χ3n) is 6.59. The number of allylic oxidation sites excluding steroid dienone is 8. The van der Waals surface area contributed by atoms with Gasteiger partial charge in [-0.25, -0.2) is 0 Å². The number of hydrogen-bond donors (Lipinski definition) is 0. The van der Waals surface area contributed by atoms with Crippen LogP contribution in [0.1, 0.15) is 44.7 Å². The normalized spacial score (nSPS) is 22.0. The van der Waals surface area contributed by atoms with E-state index < -0.39 is 0 Å². The first kappa shape index (κ1) is 16.6. The summed E-state index contributed by atoms with van der Waals surface area (Å²) in [6.45, 7) is 6.81. The molecule has 2 aromatic rings. The molecule has 27 heavy (non-hydrogen) atoms. The highest BCUT2D eigenvalue weighted by molar-refractivity contribution is 5.89. The Kier molecular flexibility index (Phi) is 3.65. The maximum Gasteiger partial charge on any atom is 0.0685 e. The Bertz CT molecular complexity index is 1010. The molecule has 5 rings (SSSR count). The summed E-state index contributed by atoms with van der Waals surface area (Å²) in [7, 11) is 0. The van der Waals surface area contributed by atoms with Gasteiger partial charge in [0.25, 0.3) is 0 Å². The van der Waals surface area contributed by atoms with E-state index in [1.807, 2.05) is 0 Å². The summed E-state index contributed by atoms with van der Waals surface area (Å²) in [5.41, 5.74) is 11.8. The Morgan fingerprint density at radius 2 is 1.63 bits per heavy atom. The first-order valence-electron chi connectivity index (χ1n) is 10.2. The monoisotopic (exact) mass is 350 g/mol. The van der Waals surface area contributed by atoms with Gasteiger partial charge >= 0.3 is 0 Å². The van der Waals surface area contributed by atoms with Crippen molar-refractivity contribution in [1.29, 1.82) is 0 Å². The van der Waals surface area contributed by atoms with E-state index in [0.717, 1.165) is 12.8 Å². The van der Waals surface area contributed by atoms with Crippen LogP contribution in [0.2, 0.25) is 0 Å². The predicted molar refractivity (Wildman–Crippen MR) is 115 cm³/mol. The first-order valence-corrected chi connectivity index (χ1v) is 10.2. The molecule has 0 amide bonds. The fourth-order valence-electron chi connectivity index (χ4n) is 5.69. The molecule has 0 bridgehead atoms. The highest BCUT2D eigenvalue weighted by Gasteiger charge is 2.52. The standard InChI is InChI=1S/C27H26/c1-4-10-19-22-17-18(3)15-16-26(22)27(23(19)5-2)24-13-8-6-11-20(24)21-12-7-9-14-25(21)27/h4,6-16,18H,5,17H2,1-3H3/b10-4-. The lowest BCUT2D eigenvalue weighted by Gasteiger charge is -2.34. The van der Waals surface area contributed by atoms with Crippen molar-refractivity contribution in [3.05, 3.63) is 106 Å². The van der Waals surface area contributed by atoms with Crippen molar-refractivity contribution in [2.75, 3.05) is 0 Å². The maximum absolute atomic E-state index is 2.44. The molecule has 3 aliphatic carbocycles. The van der Waals surface area contributed by atoms with Crippen LogP contribution in [-0.2, 0) is 5.41 Å². The SMILES string of the molecule is C/C=C\C1=C(CC)C2(C3=C1CC(C)C=C3)c1ccccc1-c1ccccc12. The fourth-order valence-corrected chi connectivity index (χ4v) is 5.69. The molecular formula is C27H26. The van der Waals surface area contributed by atoms with Crippen LogP contribution in [0.3, 0.4) is 0 Å². The van der Waals surface area contributed by atoms with E-state index >= 15 is 0 Å². The van der Waals surface area contributed by atoms with Gasteiger partial charge < -0.3 is 0 Å². The Labute approximate surface area is 162 Å². The van der Waals surface area contributed by atoms with Crippen molar-refractivity contribution in [3.8, 4) is 11.1 Å². The van der Waals surface area contributed by atoms with Gasteiger partial charge in [0, 0.05) is 0 Å². The molecule has 1 spiro atoms. The van der Waals surface area contributed by atoms with Crippen molar-refractivity contribution in [1.82, 2.24) is 0 Å². The predicted octanol–water partition coefficient (Wildman–Crippen LogP) is 7.14. The van der Waals surface area contributed by atoms with Gasteiger partial charge in [-0.2, -0.15) is 0 Å². The molecule has 1 atom stereocenters. The molecule has 1 unspecified atom stereocenters. The summed E-state index contributed by atoms with van der Waals surface area (Å²) in [5, 5.41) is 0. The van der Waals surface area contributed by atoms with Crippen molar-refractivity contribution in [2.24, 2.45) is 5.92 Å². The van der Waals surface area contributed by atoms with Crippen LogP contribution in [0.25, 0.3) is 11.1 Å². The van der Waals surface area contributed by atoms with E-state index in [2.05, 4.69) is 93.6 Å². The zero-order valence-electron chi connectivity index (χ0n) is 16.4. The fraction of sp³-hybridized carbons (Fsp3) is 0.259. The largest absolute Gasteiger partial charge is 0.0871 e. The van der Waals surface area contributed by atoms with Crippen LogP contribution in [-0.4, -0.2) is 0 Å². The highest BCUT2D eigenvalue weighted by atomic mass is 14.5.